The molecule has 0 bridgehead atoms. The van der Waals surface area contributed by atoms with Crippen LogP contribution < -0.4 is 10.1 Å². The number of halogens is 1. The summed E-state index contributed by atoms with van der Waals surface area (Å²) >= 11 is 6.08. The van der Waals surface area contributed by atoms with Crippen molar-refractivity contribution in [3.63, 3.8) is 0 Å². The Morgan fingerprint density at radius 1 is 1.44 bits per heavy atom. The van der Waals surface area contributed by atoms with E-state index >= 15 is 0 Å². The number of carbonyl (C=O) groups excluding carboxylic acids is 1. The molecule has 1 aromatic carbocycles. The fraction of sp³-hybridized carbons (Fsp3) is 0.444. The number of hydrogen-bond acceptors (Lipinski definition) is 4. The summed E-state index contributed by atoms with van der Waals surface area (Å²) < 4.78 is 7.13. The molecule has 6 nitrogen and oxygen atoms in total. The number of amides is 1. The van der Waals surface area contributed by atoms with Crippen LogP contribution in [0.3, 0.4) is 0 Å². The predicted octanol–water partition coefficient (Wildman–Crippen LogP) is 3.16. The lowest BCUT2D eigenvalue weighted by atomic mass is 10.1. The molecule has 0 radical (unpaired) electrons. The highest BCUT2D eigenvalue weighted by atomic mass is 35.5. The van der Waals surface area contributed by atoms with E-state index in [-0.39, 0.29) is 11.9 Å². The molecule has 1 N–H and O–H groups in total. The summed E-state index contributed by atoms with van der Waals surface area (Å²) in [5, 5.41) is 7.95. The summed E-state index contributed by atoms with van der Waals surface area (Å²) in [4.78, 5) is 14.6. The molecular formula is C18H25ClN4O2. The maximum absolute atomic E-state index is 12.6. The molecule has 0 aliphatic carbocycles. The number of ether oxygens (including phenoxy) is 1. The molecule has 0 unspecified atom stereocenters. The zero-order valence-corrected chi connectivity index (χ0v) is 16.3. The van der Waals surface area contributed by atoms with Crippen molar-refractivity contribution in [1.29, 1.82) is 0 Å². The van der Waals surface area contributed by atoms with Crippen LogP contribution in [0.5, 0.6) is 5.75 Å². The molecule has 0 aliphatic heterocycles. The molecule has 7 heteroatoms. The van der Waals surface area contributed by atoms with Crippen LogP contribution in [0.15, 0.2) is 18.2 Å². The fourth-order valence-electron chi connectivity index (χ4n) is 2.66. The molecule has 1 aromatic heterocycles. The first-order chi connectivity index (χ1) is 11.7. The first kappa shape index (κ1) is 19.3. The summed E-state index contributed by atoms with van der Waals surface area (Å²) in [5.41, 5.74) is 3.44. The SMILES string of the molecule is COc1ccc(Cl)cc1CN(C)[C@H](C)C(=O)Nc1c(C)nn(C)c1C. The van der Waals surface area contributed by atoms with Gasteiger partial charge in [0.05, 0.1) is 30.2 Å². The molecule has 1 amide bonds. The quantitative estimate of drug-likeness (QED) is 0.855. The third kappa shape index (κ3) is 4.32. The number of methoxy groups -OCH3 is 1. The number of likely N-dealkylation sites (N-methyl/N-ethyl adjacent to an activating group) is 1. The minimum Gasteiger partial charge on any atom is -0.496 e. The Labute approximate surface area is 153 Å². The minimum absolute atomic E-state index is 0.0808. The molecule has 2 aromatic rings. The van der Waals surface area contributed by atoms with Crippen LogP contribution in [0.1, 0.15) is 23.9 Å². The lowest BCUT2D eigenvalue weighted by Gasteiger charge is -2.25. The number of nitrogens with one attached hydrogen (secondary N) is 1. The van der Waals surface area contributed by atoms with Gasteiger partial charge in [-0.25, -0.2) is 0 Å². The monoisotopic (exact) mass is 364 g/mol. The molecule has 2 rings (SSSR count). The largest absolute Gasteiger partial charge is 0.496 e. The van der Waals surface area contributed by atoms with Gasteiger partial charge in [0, 0.05) is 24.2 Å². The summed E-state index contributed by atoms with van der Waals surface area (Å²) in [5.74, 6) is 0.672. The van der Waals surface area contributed by atoms with E-state index in [0.717, 1.165) is 28.4 Å². The Kier molecular flexibility index (Phi) is 6.08. The number of nitrogens with zero attached hydrogens (tertiary/aromatic N) is 3. The van der Waals surface area contributed by atoms with Crippen LogP contribution in [-0.2, 0) is 18.4 Å². The normalized spacial score (nSPS) is 12.3. The predicted molar refractivity (Wildman–Crippen MR) is 100 cm³/mol. The zero-order valence-electron chi connectivity index (χ0n) is 15.6. The number of aryl methyl sites for hydroxylation is 2. The average Bonchev–Trinajstić information content (AvgIpc) is 2.80. The second-order valence-corrected chi connectivity index (χ2v) is 6.64. The van der Waals surface area contributed by atoms with Gasteiger partial charge in [0.15, 0.2) is 0 Å². The Morgan fingerprint density at radius 2 is 2.12 bits per heavy atom. The van der Waals surface area contributed by atoms with Gasteiger partial charge in [-0.05, 0) is 46.0 Å². The van der Waals surface area contributed by atoms with Gasteiger partial charge in [0.1, 0.15) is 5.75 Å². The van der Waals surface area contributed by atoms with Crippen LogP contribution >= 0.6 is 11.6 Å². The Hall–Kier alpha value is -2.05. The third-order valence-electron chi connectivity index (χ3n) is 4.46. The second kappa shape index (κ2) is 7.89. The standard InChI is InChI=1S/C18H25ClN4O2/c1-11-17(12(2)23(5)21-11)20-18(24)13(3)22(4)10-14-9-15(19)7-8-16(14)25-6/h7-9,13H,10H2,1-6H3,(H,20,24)/t13-/m1/s1. The highest BCUT2D eigenvalue weighted by Gasteiger charge is 2.22. The van der Waals surface area contributed by atoms with Gasteiger partial charge < -0.3 is 10.1 Å². The van der Waals surface area contributed by atoms with Crippen molar-refractivity contribution in [2.24, 2.45) is 7.05 Å². The van der Waals surface area contributed by atoms with Crippen molar-refractivity contribution in [3.05, 3.63) is 40.2 Å². The lowest BCUT2D eigenvalue weighted by Crippen LogP contribution is -2.39. The van der Waals surface area contributed by atoms with Gasteiger partial charge in [-0.2, -0.15) is 5.10 Å². The molecule has 25 heavy (non-hydrogen) atoms. The first-order valence-electron chi connectivity index (χ1n) is 8.08. The van der Waals surface area contributed by atoms with Crippen molar-refractivity contribution in [2.45, 2.75) is 33.4 Å². The van der Waals surface area contributed by atoms with Crippen molar-refractivity contribution in [2.75, 3.05) is 19.5 Å². The molecule has 0 saturated heterocycles. The van der Waals surface area contributed by atoms with Crippen molar-refractivity contribution < 1.29 is 9.53 Å². The molecular weight excluding hydrogens is 340 g/mol. The summed E-state index contributed by atoms with van der Waals surface area (Å²) in [6.07, 6.45) is 0. The van der Waals surface area contributed by atoms with Gasteiger partial charge in [0.25, 0.3) is 0 Å². The molecule has 0 fully saturated rings. The summed E-state index contributed by atoms with van der Waals surface area (Å²) in [6.45, 7) is 6.23. The van der Waals surface area contributed by atoms with Crippen LogP contribution in [0.2, 0.25) is 5.02 Å². The lowest BCUT2D eigenvalue weighted by molar-refractivity contribution is -0.120. The number of rotatable bonds is 6. The van der Waals surface area contributed by atoms with E-state index in [2.05, 4.69) is 10.4 Å². The van der Waals surface area contributed by atoms with Crippen molar-refractivity contribution in [1.82, 2.24) is 14.7 Å². The van der Waals surface area contributed by atoms with Gasteiger partial charge in [-0.1, -0.05) is 11.6 Å². The Morgan fingerprint density at radius 3 is 2.68 bits per heavy atom. The highest BCUT2D eigenvalue weighted by Crippen LogP contribution is 2.25. The molecule has 1 atom stereocenters. The molecule has 136 valence electrons. The van der Waals surface area contributed by atoms with E-state index in [9.17, 15) is 4.79 Å². The number of aromatic nitrogens is 2. The smallest absolute Gasteiger partial charge is 0.241 e. The summed E-state index contributed by atoms with van der Waals surface area (Å²) in [7, 11) is 5.38. The molecule has 0 aliphatic rings. The van der Waals surface area contributed by atoms with Crippen LogP contribution in [-0.4, -0.2) is 40.8 Å². The average molecular weight is 365 g/mol. The third-order valence-corrected chi connectivity index (χ3v) is 4.70. The van der Waals surface area contributed by atoms with Gasteiger partial charge in [-0.15, -0.1) is 0 Å². The van der Waals surface area contributed by atoms with Gasteiger partial charge in [0.2, 0.25) is 5.91 Å². The molecule has 1 heterocycles. The number of anilines is 1. The Balaban J connectivity index is 2.10. The van der Waals surface area contributed by atoms with Gasteiger partial charge >= 0.3 is 0 Å². The summed E-state index contributed by atoms with van der Waals surface area (Å²) in [6, 6.07) is 5.14. The van der Waals surface area contributed by atoms with E-state index in [4.69, 9.17) is 16.3 Å². The van der Waals surface area contributed by atoms with Crippen molar-refractivity contribution >= 4 is 23.2 Å². The van der Waals surface area contributed by atoms with Crippen LogP contribution in [0, 0.1) is 13.8 Å². The maximum Gasteiger partial charge on any atom is 0.241 e. The number of benzene rings is 1. The van der Waals surface area contributed by atoms with E-state index in [1.807, 2.05) is 51.9 Å². The minimum atomic E-state index is -0.331. The van der Waals surface area contributed by atoms with Crippen LogP contribution in [0.4, 0.5) is 5.69 Å². The molecule has 0 spiro atoms. The van der Waals surface area contributed by atoms with E-state index in [1.165, 1.54) is 0 Å². The fourth-order valence-corrected chi connectivity index (χ4v) is 2.85. The number of carbonyl (C=O) groups is 1. The maximum atomic E-state index is 12.6. The first-order valence-corrected chi connectivity index (χ1v) is 8.46. The van der Waals surface area contributed by atoms with E-state index in [1.54, 1.807) is 17.9 Å². The van der Waals surface area contributed by atoms with Crippen molar-refractivity contribution in [3.8, 4) is 5.75 Å². The van der Waals surface area contributed by atoms with E-state index in [0.29, 0.717) is 11.6 Å². The Bertz CT molecular complexity index is 773. The number of hydrogen-bond donors (Lipinski definition) is 1. The zero-order chi connectivity index (χ0) is 18.7. The molecule has 0 saturated carbocycles. The second-order valence-electron chi connectivity index (χ2n) is 6.21. The van der Waals surface area contributed by atoms with E-state index < -0.39 is 0 Å². The van der Waals surface area contributed by atoms with Crippen LogP contribution in [0.25, 0.3) is 0 Å². The van der Waals surface area contributed by atoms with Gasteiger partial charge in [-0.3, -0.25) is 14.4 Å². The highest BCUT2D eigenvalue weighted by molar-refractivity contribution is 6.30. The topological polar surface area (TPSA) is 59.4 Å².